The third kappa shape index (κ3) is 5.06. The molecule has 26 heavy (non-hydrogen) atoms. The zero-order valence-electron chi connectivity index (χ0n) is 13.8. The number of urea groups is 1. The molecule has 0 radical (unpaired) electrons. The summed E-state index contributed by atoms with van der Waals surface area (Å²) < 4.78 is 26.8. The number of hydrogen-bond acceptors (Lipinski definition) is 2. The Labute approximate surface area is 158 Å². The molecular weight excluding hydrogens is 387 g/mol. The summed E-state index contributed by atoms with van der Waals surface area (Å²) in [6.45, 7) is 3.32. The number of hydrazine groups is 1. The van der Waals surface area contributed by atoms with Gasteiger partial charge in [0.05, 0.1) is 5.69 Å². The number of carbonyl (C=O) groups is 2. The van der Waals surface area contributed by atoms with Gasteiger partial charge in [0.15, 0.2) is 0 Å². The number of benzene rings is 2. The molecule has 0 saturated carbocycles. The van der Waals surface area contributed by atoms with Crippen LogP contribution in [-0.4, -0.2) is 23.0 Å². The Morgan fingerprint density at radius 3 is 2.23 bits per heavy atom. The van der Waals surface area contributed by atoms with Gasteiger partial charge in [0.25, 0.3) is 5.91 Å². The molecule has 0 aliphatic heterocycles. The Morgan fingerprint density at radius 2 is 1.65 bits per heavy atom. The summed E-state index contributed by atoms with van der Waals surface area (Å²) in [5.74, 6) is -2.10. The number of rotatable bonds is 3. The van der Waals surface area contributed by atoms with Gasteiger partial charge in [0.2, 0.25) is 0 Å². The molecule has 0 atom stereocenters. The van der Waals surface area contributed by atoms with E-state index in [0.29, 0.717) is 0 Å². The van der Waals surface area contributed by atoms with E-state index in [1.165, 1.54) is 18.2 Å². The molecular formula is C17H15Cl2F2N3O2. The fraction of sp³-hybridized carbons (Fsp3) is 0.176. The number of nitrogens with zero attached hydrogens (tertiary/aromatic N) is 1. The van der Waals surface area contributed by atoms with Crippen molar-refractivity contribution in [1.29, 1.82) is 0 Å². The number of anilines is 1. The van der Waals surface area contributed by atoms with Gasteiger partial charge < -0.3 is 5.32 Å². The maximum absolute atomic E-state index is 13.6. The van der Waals surface area contributed by atoms with Gasteiger partial charge >= 0.3 is 6.03 Å². The molecule has 0 fully saturated rings. The summed E-state index contributed by atoms with van der Waals surface area (Å²) in [6, 6.07) is 5.54. The lowest BCUT2D eigenvalue weighted by atomic mass is 10.2. The van der Waals surface area contributed by atoms with Gasteiger partial charge in [-0.1, -0.05) is 23.2 Å². The van der Waals surface area contributed by atoms with E-state index in [2.05, 4.69) is 10.7 Å². The molecule has 2 rings (SSSR count). The largest absolute Gasteiger partial charge is 0.338 e. The third-order valence-corrected chi connectivity index (χ3v) is 3.68. The first kappa shape index (κ1) is 19.9. The molecule has 0 spiro atoms. The fourth-order valence-corrected chi connectivity index (χ4v) is 2.61. The molecule has 5 nitrogen and oxygen atoms in total. The molecule has 0 bridgehead atoms. The summed E-state index contributed by atoms with van der Waals surface area (Å²) in [7, 11) is 0. The predicted molar refractivity (Wildman–Crippen MR) is 96.3 cm³/mol. The van der Waals surface area contributed by atoms with Gasteiger partial charge in [0, 0.05) is 27.7 Å². The molecule has 0 unspecified atom stereocenters. The van der Waals surface area contributed by atoms with Crippen molar-refractivity contribution in [3.05, 3.63) is 63.6 Å². The summed E-state index contributed by atoms with van der Waals surface area (Å²) >= 11 is 11.8. The highest BCUT2D eigenvalue weighted by Gasteiger charge is 2.22. The minimum atomic E-state index is -0.912. The van der Waals surface area contributed by atoms with Crippen molar-refractivity contribution in [1.82, 2.24) is 10.4 Å². The van der Waals surface area contributed by atoms with Crippen molar-refractivity contribution in [2.24, 2.45) is 0 Å². The minimum Gasteiger partial charge on any atom is -0.304 e. The number of halogens is 4. The van der Waals surface area contributed by atoms with Crippen LogP contribution < -0.4 is 10.7 Å². The van der Waals surface area contributed by atoms with Crippen molar-refractivity contribution in [2.45, 2.75) is 19.9 Å². The van der Waals surface area contributed by atoms with E-state index >= 15 is 0 Å². The van der Waals surface area contributed by atoms with Crippen LogP contribution in [0.2, 0.25) is 10.0 Å². The number of hydrogen-bond donors (Lipinski definition) is 2. The van der Waals surface area contributed by atoms with E-state index in [4.69, 9.17) is 23.2 Å². The minimum absolute atomic E-state index is 0.161. The van der Waals surface area contributed by atoms with Crippen LogP contribution in [0.25, 0.3) is 0 Å². The van der Waals surface area contributed by atoms with Gasteiger partial charge in [-0.15, -0.1) is 0 Å². The number of amides is 3. The molecule has 0 saturated heterocycles. The standard InChI is InChI=1S/C17H15Cl2F2N3O2/c1-9(2)24(16(25)10-5-11(18)7-12(19)6-10)23-17(26)22-15-8-13(20)3-4-14(15)21/h3-9H,1-2H3,(H2,22,23,26). The van der Waals surface area contributed by atoms with E-state index in [9.17, 15) is 18.4 Å². The molecule has 138 valence electrons. The number of carbonyl (C=O) groups excluding carboxylic acids is 2. The summed E-state index contributed by atoms with van der Waals surface area (Å²) in [4.78, 5) is 24.7. The Morgan fingerprint density at radius 1 is 1.04 bits per heavy atom. The average Bonchev–Trinajstić information content (AvgIpc) is 2.54. The van der Waals surface area contributed by atoms with Crippen LogP contribution in [-0.2, 0) is 0 Å². The van der Waals surface area contributed by atoms with Gasteiger partial charge in [0.1, 0.15) is 11.6 Å². The van der Waals surface area contributed by atoms with Crippen LogP contribution >= 0.6 is 23.2 Å². The smallest absolute Gasteiger partial charge is 0.304 e. The lowest BCUT2D eigenvalue weighted by Gasteiger charge is -2.27. The highest BCUT2D eigenvalue weighted by atomic mass is 35.5. The van der Waals surface area contributed by atoms with E-state index in [0.717, 1.165) is 23.2 Å². The van der Waals surface area contributed by atoms with E-state index in [1.807, 2.05) is 0 Å². The first-order chi connectivity index (χ1) is 12.2. The highest BCUT2D eigenvalue weighted by molar-refractivity contribution is 6.35. The van der Waals surface area contributed by atoms with Crippen molar-refractivity contribution in [3.63, 3.8) is 0 Å². The monoisotopic (exact) mass is 401 g/mol. The summed E-state index contributed by atoms with van der Waals surface area (Å²) in [5, 5.41) is 3.70. The van der Waals surface area contributed by atoms with Crippen molar-refractivity contribution < 1.29 is 18.4 Å². The Hall–Kier alpha value is -2.38. The molecule has 9 heteroatoms. The molecule has 0 aliphatic rings. The van der Waals surface area contributed by atoms with Crippen LogP contribution in [0.4, 0.5) is 19.3 Å². The first-order valence-corrected chi connectivity index (χ1v) is 8.25. The van der Waals surface area contributed by atoms with Crippen molar-refractivity contribution in [3.8, 4) is 0 Å². The normalized spacial score (nSPS) is 10.6. The highest BCUT2D eigenvalue weighted by Crippen LogP contribution is 2.20. The van der Waals surface area contributed by atoms with Crippen LogP contribution in [0.1, 0.15) is 24.2 Å². The van der Waals surface area contributed by atoms with E-state index in [1.54, 1.807) is 13.8 Å². The Balaban J connectivity index is 2.18. The zero-order chi connectivity index (χ0) is 19.4. The van der Waals surface area contributed by atoms with Gasteiger partial charge in [-0.25, -0.2) is 24.0 Å². The SMILES string of the molecule is CC(C)N(NC(=O)Nc1cc(F)ccc1F)C(=O)c1cc(Cl)cc(Cl)c1. The summed E-state index contributed by atoms with van der Waals surface area (Å²) in [5.41, 5.74) is 2.11. The predicted octanol–water partition coefficient (Wildman–Crippen LogP) is 4.86. The van der Waals surface area contributed by atoms with Gasteiger partial charge in [-0.05, 0) is 44.2 Å². The van der Waals surface area contributed by atoms with Gasteiger partial charge in [-0.3, -0.25) is 4.79 Å². The quantitative estimate of drug-likeness (QED) is 0.721. The zero-order valence-corrected chi connectivity index (χ0v) is 15.3. The van der Waals surface area contributed by atoms with Crippen LogP contribution in [0.5, 0.6) is 0 Å². The second-order valence-corrected chi connectivity index (χ2v) is 6.49. The van der Waals surface area contributed by atoms with Crippen LogP contribution in [0.3, 0.4) is 0 Å². The summed E-state index contributed by atoms with van der Waals surface area (Å²) in [6.07, 6.45) is 0. The third-order valence-electron chi connectivity index (χ3n) is 3.24. The van der Waals surface area contributed by atoms with Gasteiger partial charge in [-0.2, -0.15) is 0 Å². The van der Waals surface area contributed by atoms with Crippen molar-refractivity contribution in [2.75, 3.05) is 5.32 Å². The second kappa shape index (κ2) is 8.33. The maximum atomic E-state index is 13.6. The van der Waals surface area contributed by atoms with Crippen molar-refractivity contribution >= 4 is 40.8 Å². The number of nitrogens with one attached hydrogen (secondary N) is 2. The average molecular weight is 402 g/mol. The molecule has 2 aromatic rings. The van der Waals surface area contributed by atoms with Crippen LogP contribution in [0.15, 0.2) is 36.4 Å². The maximum Gasteiger partial charge on any atom is 0.338 e. The first-order valence-electron chi connectivity index (χ1n) is 7.49. The fourth-order valence-electron chi connectivity index (χ4n) is 2.08. The second-order valence-electron chi connectivity index (χ2n) is 5.62. The molecule has 0 aromatic heterocycles. The topological polar surface area (TPSA) is 61.4 Å². The lowest BCUT2D eigenvalue weighted by molar-refractivity contribution is 0.0622. The lowest BCUT2D eigenvalue weighted by Crippen LogP contribution is -2.51. The van der Waals surface area contributed by atoms with E-state index in [-0.39, 0.29) is 21.3 Å². The Bertz CT molecular complexity index is 827. The molecule has 3 amide bonds. The molecule has 0 aliphatic carbocycles. The van der Waals surface area contributed by atoms with E-state index < -0.39 is 29.6 Å². The Kier molecular flexibility index (Phi) is 6.39. The van der Waals surface area contributed by atoms with Crippen LogP contribution in [0, 0.1) is 11.6 Å². The molecule has 0 heterocycles. The molecule has 2 aromatic carbocycles. The molecule has 2 N–H and O–H groups in total.